The third-order valence-electron chi connectivity index (χ3n) is 4.17. The van der Waals surface area contributed by atoms with Crippen molar-refractivity contribution >= 4 is 11.5 Å². The second-order valence-electron chi connectivity index (χ2n) is 5.80. The van der Waals surface area contributed by atoms with Crippen molar-refractivity contribution in [3.63, 3.8) is 0 Å². The lowest BCUT2D eigenvalue weighted by molar-refractivity contribution is 0.413. The number of hydrogen-bond donors (Lipinski definition) is 2. The first-order valence-corrected chi connectivity index (χ1v) is 7.44. The van der Waals surface area contributed by atoms with Gasteiger partial charge in [-0.15, -0.1) is 0 Å². The molecule has 4 heteroatoms. The number of anilines is 1. The van der Waals surface area contributed by atoms with E-state index in [0.717, 1.165) is 37.6 Å². The maximum Gasteiger partial charge on any atom is 0.119 e. The quantitative estimate of drug-likeness (QED) is 0.890. The standard InChI is InChI=1S/C16H23N3O/c1-10(2)13-8-11(20-3)9-14-12(4-5-17-15(13)14)16-18-6-7-19-16/h8-10,12,17H,4-7H2,1-3H3,(H,18,19). The largest absolute Gasteiger partial charge is 0.497 e. The molecule has 1 aromatic carbocycles. The number of methoxy groups -OCH3 is 1. The first kappa shape index (κ1) is 13.3. The number of rotatable bonds is 3. The summed E-state index contributed by atoms with van der Waals surface area (Å²) in [4.78, 5) is 4.63. The Bertz CT molecular complexity index is 537. The zero-order valence-electron chi connectivity index (χ0n) is 12.5. The van der Waals surface area contributed by atoms with Gasteiger partial charge in [0.15, 0.2) is 0 Å². The molecular weight excluding hydrogens is 250 g/mol. The summed E-state index contributed by atoms with van der Waals surface area (Å²) in [5.41, 5.74) is 3.95. The van der Waals surface area contributed by atoms with E-state index in [2.05, 4.69) is 41.6 Å². The Morgan fingerprint density at radius 1 is 1.25 bits per heavy atom. The van der Waals surface area contributed by atoms with Gasteiger partial charge in [-0.05, 0) is 35.6 Å². The molecule has 0 amide bonds. The fourth-order valence-electron chi connectivity index (χ4n) is 3.14. The van der Waals surface area contributed by atoms with Crippen LogP contribution in [0.25, 0.3) is 0 Å². The maximum absolute atomic E-state index is 5.49. The first-order valence-electron chi connectivity index (χ1n) is 7.44. The van der Waals surface area contributed by atoms with Crippen LogP contribution in [0.3, 0.4) is 0 Å². The van der Waals surface area contributed by atoms with E-state index in [0.29, 0.717) is 11.8 Å². The Balaban J connectivity index is 2.09. The third-order valence-corrected chi connectivity index (χ3v) is 4.17. The summed E-state index contributed by atoms with van der Waals surface area (Å²) in [6, 6.07) is 4.32. The molecule has 0 aliphatic carbocycles. The van der Waals surface area contributed by atoms with E-state index in [-0.39, 0.29) is 0 Å². The predicted molar refractivity (Wildman–Crippen MR) is 83.2 cm³/mol. The second kappa shape index (κ2) is 5.35. The molecule has 0 bridgehead atoms. The summed E-state index contributed by atoms with van der Waals surface area (Å²) in [6.07, 6.45) is 1.09. The van der Waals surface area contributed by atoms with Crippen LogP contribution in [-0.4, -0.2) is 32.6 Å². The minimum Gasteiger partial charge on any atom is -0.497 e. The number of nitrogens with zero attached hydrogens (tertiary/aromatic N) is 1. The van der Waals surface area contributed by atoms with Gasteiger partial charge in [-0.2, -0.15) is 0 Å². The van der Waals surface area contributed by atoms with Gasteiger partial charge < -0.3 is 15.4 Å². The molecule has 20 heavy (non-hydrogen) atoms. The molecule has 3 rings (SSSR count). The summed E-state index contributed by atoms with van der Waals surface area (Å²) in [7, 11) is 1.74. The van der Waals surface area contributed by atoms with Crippen molar-refractivity contribution in [1.29, 1.82) is 0 Å². The van der Waals surface area contributed by atoms with Gasteiger partial charge in [0.2, 0.25) is 0 Å². The van der Waals surface area contributed by atoms with Crippen LogP contribution in [-0.2, 0) is 0 Å². The zero-order valence-corrected chi connectivity index (χ0v) is 12.5. The van der Waals surface area contributed by atoms with Gasteiger partial charge in [-0.1, -0.05) is 13.8 Å². The predicted octanol–water partition coefficient (Wildman–Crippen LogP) is 2.72. The Hall–Kier alpha value is -1.71. The molecule has 2 aliphatic heterocycles. The summed E-state index contributed by atoms with van der Waals surface area (Å²) in [5, 5.41) is 7.01. The molecule has 0 aromatic heterocycles. The monoisotopic (exact) mass is 273 g/mol. The molecule has 4 nitrogen and oxygen atoms in total. The SMILES string of the molecule is COc1cc(C(C)C)c2c(c1)C(C1=NCCN1)CCN2. The highest BCUT2D eigenvalue weighted by Gasteiger charge is 2.28. The molecule has 0 saturated heterocycles. The Morgan fingerprint density at radius 2 is 2.10 bits per heavy atom. The van der Waals surface area contributed by atoms with Crippen molar-refractivity contribution in [2.24, 2.45) is 4.99 Å². The van der Waals surface area contributed by atoms with Crippen molar-refractivity contribution < 1.29 is 4.74 Å². The van der Waals surface area contributed by atoms with Gasteiger partial charge >= 0.3 is 0 Å². The number of ether oxygens (including phenoxy) is 1. The average Bonchev–Trinajstić information content (AvgIpc) is 2.99. The van der Waals surface area contributed by atoms with E-state index in [1.807, 2.05) is 0 Å². The second-order valence-corrected chi connectivity index (χ2v) is 5.80. The molecule has 0 saturated carbocycles. The van der Waals surface area contributed by atoms with Gasteiger partial charge in [-0.3, -0.25) is 4.99 Å². The molecule has 0 spiro atoms. The fourth-order valence-corrected chi connectivity index (χ4v) is 3.14. The van der Waals surface area contributed by atoms with Crippen LogP contribution < -0.4 is 15.4 Å². The smallest absolute Gasteiger partial charge is 0.119 e. The number of hydrogen-bond acceptors (Lipinski definition) is 4. The highest BCUT2D eigenvalue weighted by atomic mass is 16.5. The van der Waals surface area contributed by atoms with Crippen molar-refractivity contribution in [3.8, 4) is 5.75 Å². The maximum atomic E-state index is 5.49. The van der Waals surface area contributed by atoms with Crippen LogP contribution in [0.2, 0.25) is 0 Å². The van der Waals surface area contributed by atoms with Crippen molar-refractivity contribution in [2.75, 3.05) is 32.1 Å². The molecule has 0 radical (unpaired) electrons. The Labute approximate surface area is 120 Å². The Kier molecular flexibility index (Phi) is 3.55. The molecule has 2 aliphatic rings. The number of amidine groups is 1. The summed E-state index contributed by atoms with van der Waals surface area (Å²) < 4.78 is 5.49. The molecule has 2 heterocycles. The molecule has 1 unspecified atom stereocenters. The number of aliphatic imine (C=N–C) groups is 1. The summed E-state index contributed by atoms with van der Waals surface area (Å²) >= 11 is 0. The molecule has 1 atom stereocenters. The van der Waals surface area contributed by atoms with Crippen LogP contribution in [0.5, 0.6) is 5.75 Å². The normalized spacial score (nSPS) is 21.0. The topological polar surface area (TPSA) is 45.6 Å². The molecular formula is C16H23N3O. The van der Waals surface area contributed by atoms with Crippen molar-refractivity contribution in [3.05, 3.63) is 23.3 Å². The van der Waals surface area contributed by atoms with Crippen molar-refractivity contribution in [2.45, 2.75) is 32.1 Å². The van der Waals surface area contributed by atoms with Gasteiger partial charge in [0.25, 0.3) is 0 Å². The molecule has 2 N–H and O–H groups in total. The fraction of sp³-hybridized carbons (Fsp3) is 0.562. The average molecular weight is 273 g/mol. The third kappa shape index (κ3) is 2.23. The minimum absolute atomic E-state index is 0.376. The van der Waals surface area contributed by atoms with E-state index in [1.165, 1.54) is 16.8 Å². The lowest BCUT2D eigenvalue weighted by atomic mass is 9.85. The van der Waals surface area contributed by atoms with Gasteiger partial charge in [0, 0.05) is 24.7 Å². The lowest BCUT2D eigenvalue weighted by Crippen LogP contribution is -2.31. The summed E-state index contributed by atoms with van der Waals surface area (Å²) in [5.74, 6) is 2.94. The van der Waals surface area contributed by atoms with Crippen LogP contribution in [0.15, 0.2) is 17.1 Å². The summed E-state index contributed by atoms with van der Waals surface area (Å²) in [6.45, 7) is 7.33. The van der Waals surface area contributed by atoms with Gasteiger partial charge in [0.05, 0.1) is 13.7 Å². The van der Waals surface area contributed by atoms with E-state index >= 15 is 0 Å². The molecule has 108 valence electrons. The highest BCUT2D eigenvalue weighted by molar-refractivity contribution is 5.92. The van der Waals surface area contributed by atoms with Crippen molar-refractivity contribution in [1.82, 2.24) is 5.32 Å². The van der Waals surface area contributed by atoms with E-state index < -0.39 is 0 Å². The Morgan fingerprint density at radius 3 is 2.75 bits per heavy atom. The first-order chi connectivity index (χ1) is 9.70. The number of fused-ring (bicyclic) bond motifs is 1. The van der Waals surface area contributed by atoms with Crippen LogP contribution in [0.1, 0.15) is 43.2 Å². The lowest BCUT2D eigenvalue weighted by Gasteiger charge is -2.30. The van der Waals surface area contributed by atoms with E-state index in [9.17, 15) is 0 Å². The van der Waals surface area contributed by atoms with E-state index in [1.54, 1.807) is 7.11 Å². The minimum atomic E-state index is 0.376. The van der Waals surface area contributed by atoms with E-state index in [4.69, 9.17) is 4.74 Å². The van der Waals surface area contributed by atoms with Gasteiger partial charge in [0.1, 0.15) is 11.6 Å². The van der Waals surface area contributed by atoms with Crippen LogP contribution >= 0.6 is 0 Å². The molecule has 0 fully saturated rings. The van der Waals surface area contributed by atoms with Crippen LogP contribution in [0, 0.1) is 0 Å². The highest BCUT2D eigenvalue weighted by Crippen LogP contribution is 2.40. The number of nitrogens with one attached hydrogen (secondary N) is 2. The number of benzene rings is 1. The zero-order chi connectivity index (χ0) is 14.1. The molecule has 1 aromatic rings. The van der Waals surface area contributed by atoms with Gasteiger partial charge in [-0.25, -0.2) is 0 Å². The van der Waals surface area contributed by atoms with Crippen LogP contribution in [0.4, 0.5) is 5.69 Å².